The lowest BCUT2D eigenvalue weighted by Crippen LogP contribution is -2.63. The van der Waals surface area contributed by atoms with Crippen LogP contribution < -0.4 is 5.32 Å². The molecule has 0 amide bonds. The zero-order valence-electron chi connectivity index (χ0n) is 16.9. The minimum absolute atomic E-state index is 0.429. The zero-order valence-corrected chi connectivity index (χ0v) is 16.9. The highest BCUT2D eigenvalue weighted by atomic mass is 16.5. The quantitative estimate of drug-likeness (QED) is 0.535. The Morgan fingerprint density at radius 3 is 1.44 bits per heavy atom. The van der Waals surface area contributed by atoms with Crippen LogP contribution in [0.3, 0.4) is 0 Å². The fraction of sp³-hybridized carbons (Fsp3) is 1.00. The van der Waals surface area contributed by atoms with E-state index in [-0.39, 0.29) is 0 Å². The summed E-state index contributed by atoms with van der Waals surface area (Å²) in [6.45, 7) is 4.93. The molecule has 0 aromatic carbocycles. The van der Waals surface area contributed by atoms with Crippen LogP contribution in [0.15, 0.2) is 0 Å². The molecule has 1 N–H and O–H groups in total. The molecular weight excluding hydrogens is 306 g/mol. The van der Waals surface area contributed by atoms with Crippen LogP contribution in [0.1, 0.15) is 103 Å². The minimum Gasteiger partial charge on any atom is -0.380 e. The van der Waals surface area contributed by atoms with Crippen molar-refractivity contribution in [2.75, 3.05) is 19.8 Å². The fourth-order valence-corrected chi connectivity index (χ4v) is 6.66. The van der Waals surface area contributed by atoms with E-state index in [1.54, 1.807) is 0 Å². The molecule has 0 aliphatic heterocycles. The van der Waals surface area contributed by atoms with E-state index in [1.165, 1.54) is 96.3 Å². The highest BCUT2D eigenvalue weighted by Crippen LogP contribution is 2.50. The van der Waals surface area contributed by atoms with Gasteiger partial charge in [-0.05, 0) is 63.2 Å². The largest absolute Gasteiger partial charge is 0.380 e. The monoisotopic (exact) mass is 349 g/mol. The Bertz CT molecular complexity index is 306. The van der Waals surface area contributed by atoms with Gasteiger partial charge in [-0.25, -0.2) is 0 Å². The standard InChI is InChI=1S/C23H43NO/c1-2-25-19-18-24-23(20-12-6-3-7-13-20,21-14-8-4-9-15-21)22-16-10-5-11-17-22/h20-22,24H,2-19H2,1H3. The van der Waals surface area contributed by atoms with Crippen molar-refractivity contribution in [3.05, 3.63) is 0 Å². The summed E-state index contributed by atoms with van der Waals surface area (Å²) in [5.41, 5.74) is 0.429. The Hall–Kier alpha value is -0.0800. The minimum atomic E-state index is 0.429. The van der Waals surface area contributed by atoms with Crippen molar-refractivity contribution in [1.82, 2.24) is 5.32 Å². The van der Waals surface area contributed by atoms with E-state index < -0.39 is 0 Å². The second-order valence-electron chi connectivity index (χ2n) is 9.06. The van der Waals surface area contributed by atoms with Crippen molar-refractivity contribution in [3.63, 3.8) is 0 Å². The van der Waals surface area contributed by atoms with Crippen molar-refractivity contribution < 1.29 is 4.74 Å². The predicted molar refractivity (Wildman–Crippen MR) is 107 cm³/mol. The Balaban J connectivity index is 1.82. The van der Waals surface area contributed by atoms with Gasteiger partial charge < -0.3 is 10.1 Å². The normalized spacial score (nSPS) is 25.3. The third-order valence-corrected chi connectivity index (χ3v) is 7.72. The van der Waals surface area contributed by atoms with E-state index in [1.807, 2.05) is 0 Å². The Morgan fingerprint density at radius 1 is 0.680 bits per heavy atom. The number of rotatable bonds is 8. The summed E-state index contributed by atoms with van der Waals surface area (Å²) in [6.07, 6.45) is 22.1. The molecule has 25 heavy (non-hydrogen) atoms. The summed E-state index contributed by atoms with van der Waals surface area (Å²) in [6, 6.07) is 0. The summed E-state index contributed by atoms with van der Waals surface area (Å²) in [5, 5.41) is 4.25. The van der Waals surface area contributed by atoms with Gasteiger partial charge in [0, 0.05) is 18.7 Å². The maximum absolute atomic E-state index is 5.73. The molecule has 3 rings (SSSR count). The lowest BCUT2D eigenvalue weighted by molar-refractivity contribution is -0.00558. The highest BCUT2D eigenvalue weighted by molar-refractivity contribution is 5.06. The van der Waals surface area contributed by atoms with Crippen LogP contribution in [0.25, 0.3) is 0 Å². The van der Waals surface area contributed by atoms with Gasteiger partial charge in [0.1, 0.15) is 0 Å². The molecule has 0 aromatic rings. The zero-order chi connectivity index (χ0) is 17.4. The molecule has 0 unspecified atom stereocenters. The molecule has 0 saturated heterocycles. The average Bonchev–Trinajstić information content (AvgIpc) is 2.70. The molecule has 0 heterocycles. The molecule has 0 spiro atoms. The Labute approximate surface area is 156 Å². The topological polar surface area (TPSA) is 21.3 Å². The third-order valence-electron chi connectivity index (χ3n) is 7.72. The van der Waals surface area contributed by atoms with Crippen LogP contribution in [-0.2, 0) is 4.74 Å². The van der Waals surface area contributed by atoms with E-state index in [0.29, 0.717) is 5.54 Å². The number of hydrogen-bond donors (Lipinski definition) is 1. The molecule has 0 bridgehead atoms. The molecule has 0 radical (unpaired) electrons. The summed E-state index contributed by atoms with van der Waals surface area (Å²) in [4.78, 5) is 0. The maximum Gasteiger partial charge on any atom is 0.0590 e. The molecule has 2 nitrogen and oxygen atoms in total. The first kappa shape index (κ1) is 19.7. The van der Waals surface area contributed by atoms with Crippen LogP contribution in [0.5, 0.6) is 0 Å². The van der Waals surface area contributed by atoms with Gasteiger partial charge in [0.2, 0.25) is 0 Å². The molecule has 3 aliphatic rings. The van der Waals surface area contributed by atoms with Crippen molar-refractivity contribution in [2.24, 2.45) is 17.8 Å². The van der Waals surface area contributed by atoms with Gasteiger partial charge >= 0.3 is 0 Å². The van der Waals surface area contributed by atoms with Crippen molar-refractivity contribution in [1.29, 1.82) is 0 Å². The first-order chi connectivity index (χ1) is 12.4. The van der Waals surface area contributed by atoms with Crippen molar-refractivity contribution in [3.8, 4) is 0 Å². The third kappa shape index (κ3) is 4.80. The van der Waals surface area contributed by atoms with Gasteiger partial charge in [-0.15, -0.1) is 0 Å². The van der Waals surface area contributed by atoms with Crippen LogP contribution in [0.2, 0.25) is 0 Å². The molecular formula is C23H43NO. The van der Waals surface area contributed by atoms with E-state index in [9.17, 15) is 0 Å². The Morgan fingerprint density at radius 2 is 1.08 bits per heavy atom. The number of hydrogen-bond acceptors (Lipinski definition) is 2. The second-order valence-corrected chi connectivity index (χ2v) is 9.06. The van der Waals surface area contributed by atoms with Crippen LogP contribution in [0.4, 0.5) is 0 Å². The van der Waals surface area contributed by atoms with E-state index in [2.05, 4.69) is 12.2 Å². The predicted octanol–water partition coefficient (Wildman–Crippen LogP) is 6.09. The van der Waals surface area contributed by atoms with Gasteiger partial charge in [0.15, 0.2) is 0 Å². The molecule has 0 atom stereocenters. The summed E-state index contributed by atoms with van der Waals surface area (Å²) >= 11 is 0. The lowest BCUT2D eigenvalue weighted by Gasteiger charge is -2.55. The molecule has 2 heteroatoms. The summed E-state index contributed by atoms with van der Waals surface area (Å²) in [7, 11) is 0. The van der Waals surface area contributed by atoms with E-state index in [0.717, 1.165) is 37.5 Å². The number of nitrogens with one attached hydrogen (secondary N) is 1. The number of ether oxygens (including phenoxy) is 1. The molecule has 0 aromatic heterocycles. The van der Waals surface area contributed by atoms with Crippen LogP contribution in [0, 0.1) is 17.8 Å². The highest BCUT2D eigenvalue weighted by Gasteiger charge is 2.50. The van der Waals surface area contributed by atoms with E-state index in [4.69, 9.17) is 4.74 Å². The SMILES string of the molecule is CCOCCNC(C1CCCCC1)(C1CCCCC1)C1CCCCC1. The van der Waals surface area contributed by atoms with Gasteiger partial charge in [-0.2, -0.15) is 0 Å². The van der Waals surface area contributed by atoms with Crippen LogP contribution >= 0.6 is 0 Å². The smallest absolute Gasteiger partial charge is 0.0590 e. The summed E-state index contributed by atoms with van der Waals surface area (Å²) < 4.78 is 5.73. The fourth-order valence-electron chi connectivity index (χ4n) is 6.66. The van der Waals surface area contributed by atoms with Crippen LogP contribution in [-0.4, -0.2) is 25.3 Å². The Kier molecular flexibility index (Phi) is 8.11. The van der Waals surface area contributed by atoms with Gasteiger partial charge in [0.05, 0.1) is 6.61 Å². The second kappa shape index (κ2) is 10.3. The van der Waals surface area contributed by atoms with Crippen molar-refractivity contribution in [2.45, 2.75) is 109 Å². The van der Waals surface area contributed by atoms with Gasteiger partial charge in [-0.3, -0.25) is 0 Å². The van der Waals surface area contributed by atoms with Gasteiger partial charge in [-0.1, -0.05) is 57.8 Å². The van der Waals surface area contributed by atoms with Gasteiger partial charge in [0.25, 0.3) is 0 Å². The average molecular weight is 350 g/mol. The lowest BCUT2D eigenvalue weighted by atomic mass is 9.56. The molecule has 146 valence electrons. The van der Waals surface area contributed by atoms with E-state index >= 15 is 0 Å². The molecule has 3 saturated carbocycles. The first-order valence-electron chi connectivity index (χ1n) is 11.7. The summed E-state index contributed by atoms with van der Waals surface area (Å²) in [5.74, 6) is 2.78. The van der Waals surface area contributed by atoms with Crippen molar-refractivity contribution >= 4 is 0 Å². The molecule has 3 aliphatic carbocycles. The molecule has 3 fully saturated rings. The maximum atomic E-state index is 5.73. The first-order valence-corrected chi connectivity index (χ1v) is 11.7.